The first-order chi connectivity index (χ1) is 9.81. The van der Waals surface area contributed by atoms with Gasteiger partial charge in [0.05, 0.1) is 10.5 Å². The Morgan fingerprint density at radius 1 is 1.57 bits per heavy atom. The van der Waals surface area contributed by atoms with Gasteiger partial charge in [-0.3, -0.25) is 19.7 Å². The van der Waals surface area contributed by atoms with Gasteiger partial charge in [0.2, 0.25) is 0 Å². The monoisotopic (exact) mass is 296 g/mol. The highest BCUT2D eigenvalue weighted by atomic mass is 16.6. The van der Waals surface area contributed by atoms with E-state index in [1.807, 2.05) is 0 Å². The molecule has 0 aliphatic rings. The van der Waals surface area contributed by atoms with Gasteiger partial charge in [-0.2, -0.15) is 0 Å². The van der Waals surface area contributed by atoms with Crippen LogP contribution in [0, 0.1) is 10.1 Å². The van der Waals surface area contributed by atoms with Crippen molar-refractivity contribution in [1.82, 2.24) is 4.98 Å². The number of primary amides is 1. The second-order valence-corrected chi connectivity index (χ2v) is 4.54. The van der Waals surface area contributed by atoms with Crippen molar-refractivity contribution in [3.8, 4) is 0 Å². The highest BCUT2D eigenvalue weighted by molar-refractivity contribution is 5.98. The molecule has 114 valence electrons. The molecule has 1 atom stereocenters. The predicted octanol–water partition coefficient (Wildman–Crippen LogP) is 1.14. The zero-order chi connectivity index (χ0) is 16.0. The van der Waals surface area contributed by atoms with Crippen LogP contribution < -0.4 is 11.1 Å². The van der Waals surface area contributed by atoms with E-state index in [0.717, 1.165) is 12.3 Å². The molecule has 4 N–H and O–H groups in total. The number of nitrogens with two attached hydrogens (primary N) is 1. The zero-order valence-electron chi connectivity index (χ0n) is 11.4. The van der Waals surface area contributed by atoms with Crippen LogP contribution >= 0.6 is 0 Å². The van der Waals surface area contributed by atoms with Crippen molar-refractivity contribution in [3.63, 3.8) is 0 Å². The van der Waals surface area contributed by atoms with Crippen LogP contribution in [0.3, 0.4) is 0 Å². The number of nitro groups is 1. The van der Waals surface area contributed by atoms with Crippen molar-refractivity contribution in [2.75, 3.05) is 5.32 Å². The highest BCUT2D eigenvalue weighted by Gasteiger charge is 2.17. The van der Waals surface area contributed by atoms with Gasteiger partial charge in [0.1, 0.15) is 12.0 Å². The summed E-state index contributed by atoms with van der Waals surface area (Å²) in [5, 5.41) is 22.1. The summed E-state index contributed by atoms with van der Waals surface area (Å²) in [6.07, 6.45) is 2.08. The molecule has 21 heavy (non-hydrogen) atoms. The number of aliphatic carboxylic acids is 1. The number of nitrogens with one attached hydrogen (secondary N) is 1. The summed E-state index contributed by atoms with van der Waals surface area (Å²) in [5.41, 5.74) is 4.78. The van der Waals surface area contributed by atoms with Crippen LogP contribution in [0.15, 0.2) is 12.3 Å². The van der Waals surface area contributed by atoms with Crippen LogP contribution in [0.1, 0.15) is 36.5 Å². The van der Waals surface area contributed by atoms with Gasteiger partial charge >= 0.3 is 5.97 Å². The summed E-state index contributed by atoms with van der Waals surface area (Å²) < 4.78 is 0. The topological polar surface area (TPSA) is 148 Å². The Hall–Kier alpha value is -2.71. The van der Waals surface area contributed by atoms with Crippen LogP contribution in [0.25, 0.3) is 0 Å². The molecule has 0 aliphatic heterocycles. The molecule has 1 rings (SSSR count). The number of carboxylic acid groups (broad SMARTS) is 1. The molecule has 1 amide bonds. The molecule has 1 unspecified atom stereocenters. The number of carboxylic acids is 1. The fraction of sp³-hybridized carbons (Fsp3) is 0.417. The maximum atomic E-state index is 11.3. The van der Waals surface area contributed by atoms with E-state index in [1.165, 1.54) is 0 Å². The normalized spacial score (nSPS) is 11.7. The molecule has 0 bridgehead atoms. The first-order valence-electron chi connectivity index (χ1n) is 6.23. The lowest BCUT2D eigenvalue weighted by Crippen LogP contribution is -2.21. The third kappa shape index (κ3) is 5.05. The minimum Gasteiger partial charge on any atom is -0.481 e. The lowest BCUT2D eigenvalue weighted by atomic mass is 10.1. The third-order valence-corrected chi connectivity index (χ3v) is 2.76. The average Bonchev–Trinajstić information content (AvgIpc) is 2.38. The largest absolute Gasteiger partial charge is 0.481 e. The number of anilines is 1. The molecule has 0 radical (unpaired) electrons. The molecule has 1 aromatic heterocycles. The number of nitrogens with zero attached hydrogens (tertiary/aromatic N) is 2. The Kier molecular flexibility index (Phi) is 5.58. The smallest absolute Gasteiger partial charge is 0.303 e. The van der Waals surface area contributed by atoms with Gasteiger partial charge < -0.3 is 16.2 Å². The van der Waals surface area contributed by atoms with Crippen LogP contribution in [0.2, 0.25) is 0 Å². The molecule has 0 saturated carbocycles. The predicted molar refractivity (Wildman–Crippen MR) is 74.0 cm³/mol. The highest BCUT2D eigenvalue weighted by Crippen LogP contribution is 2.20. The minimum atomic E-state index is -0.881. The zero-order valence-corrected chi connectivity index (χ0v) is 11.4. The molecule has 9 nitrogen and oxygen atoms in total. The van der Waals surface area contributed by atoms with Crippen molar-refractivity contribution in [2.24, 2.45) is 5.73 Å². The molecule has 0 fully saturated rings. The second kappa shape index (κ2) is 7.17. The van der Waals surface area contributed by atoms with Crippen molar-refractivity contribution >= 4 is 23.4 Å². The Bertz CT molecular complexity index is 561. The van der Waals surface area contributed by atoms with Crippen LogP contribution in [0.5, 0.6) is 0 Å². The summed E-state index contributed by atoms with van der Waals surface area (Å²) in [6, 6.07) is 0.901. The average molecular weight is 296 g/mol. The van der Waals surface area contributed by atoms with Crippen molar-refractivity contribution < 1.29 is 19.6 Å². The van der Waals surface area contributed by atoms with E-state index in [-0.39, 0.29) is 29.5 Å². The Balaban J connectivity index is 2.80. The fourth-order valence-electron chi connectivity index (χ4n) is 1.72. The molecular weight excluding hydrogens is 280 g/mol. The quantitative estimate of drug-likeness (QED) is 0.481. The Morgan fingerprint density at radius 2 is 2.24 bits per heavy atom. The summed E-state index contributed by atoms with van der Waals surface area (Å²) >= 11 is 0. The van der Waals surface area contributed by atoms with Gasteiger partial charge in [0, 0.05) is 18.5 Å². The lowest BCUT2D eigenvalue weighted by Gasteiger charge is -2.15. The maximum Gasteiger partial charge on any atom is 0.303 e. The molecule has 0 aliphatic carbocycles. The van der Waals surface area contributed by atoms with E-state index in [1.54, 1.807) is 6.92 Å². The number of pyridine rings is 1. The standard InChI is InChI=1S/C12H16N4O5/c1-7(3-2-4-10(17)18)15-12-9(11(13)19)5-8(6-14-12)16(20)21/h5-7H,2-4H2,1H3,(H2,13,19)(H,14,15)(H,17,18). The number of amides is 1. The van der Waals surface area contributed by atoms with E-state index in [2.05, 4.69) is 10.3 Å². The van der Waals surface area contributed by atoms with Gasteiger partial charge in [0.15, 0.2) is 0 Å². The van der Waals surface area contributed by atoms with Gasteiger partial charge in [-0.1, -0.05) is 0 Å². The summed E-state index contributed by atoms with van der Waals surface area (Å²) in [4.78, 5) is 35.6. The SMILES string of the molecule is CC(CCCC(=O)O)Nc1ncc([N+](=O)[O-])cc1C(N)=O. The number of carbonyl (C=O) groups excluding carboxylic acids is 1. The fourth-order valence-corrected chi connectivity index (χ4v) is 1.72. The van der Waals surface area contributed by atoms with Crippen molar-refractivity contribution in [2.45, 2.75) is 32.2 Å². The van der Waals surface area contributed by atoms with Crippen LogP contribution in [0.4, 0.5) is 11.5 Å². The summed E-state index contributed by atoms with van der Waals surface area (Å²) in [5.74, 6) is -1.56. The molecular formula is C12H16N4O5. The lowest BCUT2D eigenvalue weighted by molar-refractivity contribution is -0.385. The molecule has 0 aromatic carbocycles. The van der Waals surface area contributed by atoms with Crippen molar-refractivity contribution in [1.29, 1.82) is 0 Å². The first-order valence-corrected chi connectivity index (χ1v) is 6.23. The molecule has 1 aromatic rings. The Morgan fingerprint density at radius 3 is 2.76 bits per heavy atom. The van der Waals surface area contributed by atoms with E-state index in [4.69, 9.17) is 10.8 Å². The van der Waals surface area contributed by atoms with Gasteiger partial charge in [-0.05, 0) is 19.8 Å². The molecule has 0 spiro atoms. The third-order valence-electron chi connectivity index (χ3n) is 2.76. The van der Waals surface area contributed by atoms with Crippen LogP contribution in [-0.4, -0.2) is 32.9 Å². The van der Waals surface area contributed by atoms with E-state index in [9.17, 15) is 19.7 Å². The first kappa shape index (κ1) is 16.3. The number of rotatable bonds is 8. The molecule has 1 heterocycles. The number of carbonyl (C=O) groups is 2. The molecule has 0 saturated heterocycles. The van der Waals surface area contributed by atoms with Gasteiger partial charge in [0.25, 0.3) is 11.6 Å². The number of hydrogen-bond donors (Lipinski definition) is 3. The van der Waals surface area contributed by atoms with E-state index in [0.29, 0.717) is 12.8 Å². The number of aromatic nitrogens is 1. The summed E-state index contributed by atoms with van der Waals surface area (Å²) in [7, 11) is 0. The van der Waals surface area contributed by atoms with Gasteiger partial charge in [-0.25, -0.2) is 4.98 Å². The van der Waals surface area contributed by atoms with E-state index >= 15 is 0 Å². The van der Waals surface area contributed by atoms with Gasteiger partial charge in [-0.15, -0.1) is 0 Å². The second-order valence-electron chi connectivity index (χ2n) is 4.54. The summed E-state index contributed by atoms with van der Waals surface area (Å²) in [6.45, 7) is 1.79. The minimum absolute atomic E-state index is 0.0440. The molecule has 9 heteroatoms. The Labute approximate surface area is 120 Å². The van der Waals surface area contributed by atoms with E-state index < -0.39 is 16.8 Å². The maximum absolute atomic E-state index is 11.3. The number of hydrogen-bond acceptors (Lipinski definition) is 6. The van der Waals surface area contributed by atoms with Crippen LogP contribution in [-0.2, 0) is 4.79 Å². The van der Waals surface area contributed by atoms with Crippen molar-refractivity contribution in [3.05, 3.63) is 27.9 Å².